The third-order valence-electron chi connectivity index (χ3n) is 4.67. The molecule has 0 unspecified atom stereocenters. The number of carbonyl (C=O) groups excluding carboxylic acids is 1. The normalized spacial score (nSPS) is 10.9. The van der Waals surface area contributed by atoms with Gasteiger partial charge in [0.25, 0.3) is 5.91 Å². The number of carboxylic acids is 1. The quantitative estimate of drug-likeness (QED) is 0.418. The van der Waals surface area contributed by atoms with Gasteiger partial charge in [0.1, 0.15) is 17.2 Å². The van der Waals surface area contributed by atoms with E-state index in [-0.39, 0.29) is 29.1 Å². The molecule has 1 heterocycles. The molecule has 4 N–H and O–H groups in total. The first-order valence-corrected chi connectivity index (χ1v) is 9.97. The van der Waals surface area contributed by atoms with Gasteiger partial charge in [-0.05, 0) is 48.7 Å². The van der Waals surface area contributed by atoms with E-state index in [0.29, 0.717) is 29.1 Å². The summed E-state index contributed by atoms with van der Waals surface area (Å²) in [5, 5.41) is 40.3. The first-order chi connectivity index (χ1) is 15.2. The van der Waals surface area contributed by atoms with Gasteiger partial charge in [-0.25, -0.2) is 4.79 Å². The molecule has 0 aliphatic carbocycles. The molecular weight excluding hydrogens is 416 g/mol. The van der Waals surface area contributed by atoms with E-state index in [1.807, 2.05) is 13.8 Å². The average molecular weight is 440 g/mol. The molecule has 0 saturated heterocycles. The highest BCUT2D eigenvalue weighted by molar-refractivity contribution is 5.92. The fourth-order valence-corrected chi connectivity index (χ4v) is 3.16. The molecule has 2 aromatic carbocycles. The number of hydrogen-bond acceptors (Lipinski definition) is 7. The van der Waals surface area contributed by atoms with Gasteiger partial charge in [-0.3, -0.25) is 9.36 Å². The molecule has 32 heavy (non-hydrogen) atoms. The molecule has 0 radical (unpaired) electrons. The van der Waals surface area contributed by atoms with Crippen LogP contribution < -0.4 is 10.1 Å². The van der Waals surface area contributed by atoms with Crippen LogP contribution >= 0.6 is 0 Å². The van der Waals surface area contributed by atoms with Gasteiger partial charge in [0.05, 0.1) is 5.56 Å². The lowest BCUT2D eigenvalue weighted by molar-refractivity contribution is -0.139. The Morgan fingerprint density at radius 2 is 1.78 bits per heavy atom. The number of hydrogen-bond donors (Lipinski definition) is 4. The number of aromatic hydroxyl groups is 2. The summed E-state index contributed by atoms with van der Waals surface area (Å²) in [7, 11) is 0. The summed E-state index contributed by atoms with van der Waals surface area (Å²) >= 11 is 0. The minimum atomic E-state index is -1.10. The van der Waals surface area contributed by atoms with Crippen LogP contribution in [0, 0.1) is 0 Å². The van der Waals surface area contributed by atoms with Gasteiger partial charge in [-0.1, -0.05) is 13.8 Å². The Labute approximate surface area is 184 Å². The van der Waals surface area contributed by atoms with Crippen molar-refractivity contribution in [1.82, 2.24) is 20.1 Å². The highest BCUT2D eigenvalue weighted by Crippen LogP contribution is 2.38. The van der Waals surface area contributed by atoms with Gasteiger partial charge in [0.15, 0.2) is 12.4 Å². The number of amides is 1. The molecule has 3 aromatic rings. The van der Waals surface area contributed by atoms with Gasteiger partial charge >= 0.3 is 5.97 Å². The molecule has 0 spiro atoms. The average Bonchev–Trinajstić information content (AvgIpc) is 3.17. The Morgan fingerprint density at radius 1 is 1.09 bits per heavy atom. The van der Waals surface area contributed by atoms with Crippen molar-refractivity contribution in [2.45, 2.75) is 26.7 Å². The van der Waals surface area contributed by atoms with E-state index in [1.54, 1.807) is 37.3 Å². The van der Waals surface area contributed by atoms with E-state index in [0.717, 1.165) is 0 Å². The minimum absolute atomic E-state index is 0.000346. The molecule has 0 bridgehead atoms. The van der Waals surface area contributed by atoms with Crippen LogP contribution in [0.5, 0.6) is 17.2 Å². The molecule has 1 amide bonds. The van der Waals surface area contributed by atoms with Crippen molar-refractivity contribution in [3.05, 3.63) is 47.8 Å². The van der Waals surface area contributed by atoms with Crippen LogP contribution in [-0.4, -0.2) is 55.1 Å². The number of nitrogens with one attached hydrogen (secondary N) is 1. The Bertz CT molecular complexity index is 1140. The molecular formula is C22H24N4O6. The molecule has 1 aromatic heterocycles. The summed E-state index contributed by atoms with van der Waals surface area (Å²) < 4.78 is 6.63. The first-order valence-electron chi connectivity index (χ1n) is 9.97. The molecule has 0 saturated carbocycles. The number of rotatable bonds is 8. The van der Waals surface area contributed by atoms with Crippen LogP contribution in [0.2, 0.25) is 0 Å². The smallest absolute Gasteiger partial charge is 0.341 e. The number of carboxylic acid groups (broad SMARTS) is 1. The van der Waals surface area contributed by atoms with Crippen LogP contribution in [0.1, 0.15) is 42.9 Å². The molecule has 0 aliphatic rings. The third kappa shape index (κ3) is 4.64. The Morgan fingerprint density at radius 3 is 2.38 bits per heavy atom. The maximum absolute atomic E-state index is 12.6. The van der Waals surface area contributed by atoms with Crippen molar-refractivity contribution in [2.24, 2.45) is 0 Å². The summed E-state index contributed by atoms with van der Waals surface area (Å²) in [5.74, 6) is -1.32. The SMILES string of the molecule is CCNC(=O)c1nnc(-c2cc(C(C)C)c(O)cc2O)n1-c1ccc(OCC(=O)O)cc1. The number of aromatic nitrogens is 3. The van der Waals surface area contributed by atoms with Crippen molar-refractivity contribution in [3.8, 4) is 34.3 Å². The van der Waals surface area contributed by atoms with E-state index >= 15 is 0 Å². The lowest BCUT2D eigenvalue weighted by atomic mass is 9.98. The second-order valence-electron chi connectivity index (χ2n) is 7.30. The lowest BCUT2D eigenvalue weighted by Crippen LogP contribution is -2.26. The second kappa shape index (κ2) is 9.38. The summed E-state index contributed by atoms with van der Waals surface area (Å²) in [6, 6.07) is 9.20. The van der Waals surface area contributed by atoms with E-state index < -0.39 is 18.5 Å². The molecule has 10 heteroatoms. The van der Waals surface area contributed by atoms with Crippen LogP contribution in [0.3, 0.4) is 0 Å². The fourth-order valence-electron chi connectivity index (χ4n) is 3.16. The van der Waals surface area contributed by atoms with Crippen LogP contribution in [-0.2, 0) is 4.79 Å². The Hall–Kier alpha value is -4.08. The van der Waals surface area contributed by atoms with Crippen molar-refractivity contribution in [2.75, 3.05) is 13.2 Å². The summed E-state index contributed by atoms with van der Waals surface area (Å²) in [6.07, 6.45) is 0. The predicted octanol–water partition coefficient (Wildman–Crippen LogP) is 2.68. The van der Waals surface area contributed by atoms with Crippen molar-refractivity contribution in [1.29, 1.82) is 0 Å². The molecule has 3 rings (SSSR count). The van der Waals surface area contributed by atoms with E-state index in [9.17, 15) is 19.8 Å². The number of aliphatic carboxylic acids is 1. The maximum atomic E-state index is 12.6. The Balaban J connectivity index is 2.15. The van der Waals surface area contributed by atoms with E-state index in [2.05, 4.69) is 15.5 Å². The van der Waals surface area contributed by atoms with E-state index in [1.165, 1.54) is 10.6 Å². The zero-order valence-corrected chi connectivity index (χ0v) is 17.9. The minimum Gasteiger partial charge on any atom is -0.508 e. The van der Waals surface area contributed by atoms with Gasteiger partial charge in [-0.2, -0.15) is 0 Å². The monoisotopic (exact) mass is 440 g/mol. The van der Waals surface area contributed by atoms with Crippen LogP contribution in [0.15, 0.2) is 36.4 Å². The van der Waals surface area contributed by atoms with Crippen LogP contribution in [0.25, 0.3) is 17.1 Å². The topological polar surface area (TPSA) is 147 Å². The molecule has 0 aliphatic heterocycles. The lowest BCUT2D eigenvalue weighted by Gasteiger charge is -2.15. The molecule has 0 fully saturated rings. The molecule has 0 atom stereocenters. The zero-order chi connectivity index (χ0) is 23.4. The van der Waals surface area contributed by atoms with Gasteiger partial charge in [0, 0.05) is 18.3 Å². The van der Waals surface area contributed by atoms with Gasteiger partial charge in [-0.15, -0.1) is 10.2 Å². The van der Waals surface area contributed by atoms with Crippen molar-refractivity contribution in [3.63, 3.8) is 0 Å². The second-order valence-corrected chi connectivity index (χ2v) is 7.30. The third-order valence-corrected chi connectivity index (χ3v) is 4.67. The highest BCUT2D eigenvalue weighted by Gasteiger charge is 2.24. The number of ether oxygens (including phenoxy) is 1. The number of benzene rings is 2. The predicted molar refractivity (Wildman–Crippen MR) is 115 cm³/mol. The maximum Gasteiger partial charge on any atom is 0.341 e. The molecule has 10 nitrogen and oxygen atoms in total. The highest BCUT2D eigenvalue weighted by atomic mass is 16.5. The Kier molecular flexibility index (Phi) is 6.62. The summed E-state index contributed by atoms with van der Waals surface area (Å²) in [4.78, 5) is 23.3. The number of phenolic OH excluding ortho intramolecular Hbond substituents is 2. The van der Waals surface area contributed by atoms with Gasteiger partial charge in [0.2, 0.25) is 5.82 Å². The van der Waals surface area contributed by atoms with Gasteiger partial charge < -0.3 is 25.4 Å². The number of phenols is 2. The number of nitrogens with zero attached hydrogens (tertiary/aromatic N) is 3. The summed E-state index contributed by atoms with van der Waals surface area (Å²) in [6.45, 7) is 5.47. The van der Waals surface area contributed by atoms with E-state index in [4.69, 9.17) is 9.84 Å². The summed E-state index contributed by atoms with van der Waals surface area (Å²) in [5.41, 5.74) is 1.39. The first kappa shape index (κ1) is 22.6. The molecule has 168 valence electrons. The van der Waals surface area contributed by atoms with Crippen molar-refractivity contribution >= 4 is 11.9 Å². The van der Waals surface area contributed by atoms with Crippen LogP contribution in [0.4, 0.5) is 0 Å². The fraction of sp³-hybridized carbons (Fsp3) is 0.273. The largest absolute Gasteiger partial charge is 0.508 e. The zero-order valence-electron chi connectivity index (χ0n) is 17.9. The van der Waals surface area contributed by atoms with Crippen molar-refractivity contribution < 1.29 is 29.6 Å². The number of carbonyl (C=O) groups is 2. The standard InChI is InChI=1S/C22H24N4O6/c1-4-23-22(31)21-25-24-20(16-9-15(12(2)3)17(27)10-18(16)28)26(21)13-5-7-14(8-6-13)32-11-19(29)30/h5-10,12,27-28H,4,11H2,1-3H3,(H,23,31)(H,29,30).